The third-order valence-electron chi connectivity index (χ3n) is 2.46. The summed E-state index contributed by atoms with van der Waals surface area (Å²) in [6.45, 7) is 5.19. The van der Waals surface area contributed by atoms with E-state index in [9.17, 15) is 0 Å². The molecule has 0 bridgehead atoms. The Morgan fingerprint density at radius 3 is 2.75 bits per heavy atom. The van der Waals surface area contributed by atoms with Crippen LogP contribution in [0.4, 0.5) is 5.69 Å². The molecule has 0 amide bonds. The van der Waals surface area contributed by atoms with Gasteiger partial charge >= 0.3 is 0 Å². The molecule has 0 N–H and O–H groups in total. The van der Waals surface area contributed by atoms with Crippen molar-refractivity contribution in [1.82, 2.24) is 4.98 Å². The first-order chi connectivity index (χ1) is 7.60. The molecule has 0 aliphatic carbocycles. The Morgan fingerprint density at radius 2 is 2.19 bits per heavy atom. The monoisotopic (exact) mass is 219 g/mol. The molecular formula is C12H17N3O. The summed E-state index contributed by atoms with van der Waals surface area (Å²) in [7, 11) is 3.62. The fourth-order valence-corrected chi connectivity index (χ4v) is 1.60. The molecule has 86 valence electrons. The lowest BCUT2D eigenvalue weighted by molar-refractivity contribution is 0.206. The summed E-state index contributed by atoms with van der Waals surface area (Å²) in [4.78, 5) is 6.30. The lowest BCUT2D eigenvalue weighted by Crippen LogP contribution is -2.23. The molecule has 4 nitrogen and oxygen atoms in total. The second-order valence-corrected chi connectivity index (χ2v) is 3.77. The van der Waals surface area contributed by atoms with Crippen molar-refractivity contribution in [3.8, 4) is 6.07 Å². The predicted octanol–water partition coefficient (Wildman–Crippen LogP) is 1.65. The molecule has 0 radical (unpaired) electrons. The lowest BCUT2D eigenvalue weighted by Gasteiger charge is -2.21. The second-order valence-electron chi connectivity index (χ2n) is 3.77. The number of aromatic nitrogens is 1. The summed E-state index contributed by atoms with van der Waals surface area (Å²) in [5, 5.41) is 9.12. The molecule has 0 aliphatic heterocycles. The van der Waals surface area contributed by atoms with Crippen molar-refractivity contribution in [3.63, 3.8) is 0 Å². The molecule has 1 aromatic rings. The number of anilines is 1. The van der Waals surface area contributed by atoms with Gasteiger partial charge in [-0.15, -0.1) is 0 Å². The number of methoxy groups -OCH3 is 1. The number of hydrogen-bond acceptors (Lipinski definition) is 4. The fourth-order valence-electron chi connectivity index (χ4n) is 1.60. The molecule has 0 fully saturated rings. The summed E-state index contributed by atoms with van der Waals surface area (Å²) >= 11 is 0. The minimum Gasteiger partial charge on any atom is -0.383 e. The SMILES string of the molecule is COCCN(C)c1cc(C)nc(C)c1C#N. The number of aryl methyl sites for hydroxylation is 2. The smallest absolute Gasteiger partial charge is 0.103 e. The van der Waals surface area contributed by atoms with Gasteiger partial charge in [0.15, 0.2) is 0 Å². The van der Waals surface area contributed by atoms with Crippen LogP contribution in [0.15, 0.2) is 6.07 Å². The number of nitrogens with zero attached hydrogens (tertiary/aromatic N) is 3. The Bertz CT molecular complexity index is 409. The zero-order valence-electron chi connectivity index (χ0n) is 10.2. The van der Waals surface area contributed by atoms with Crippen molar-refractivity contribution >= 4 is 5.69 Å². The van der Waals surface area contributed by atoms with Crippen LogP contribution in [0.5, 0.6) is 0 Å². The Balaban J connectivity index is 3.07. The number of nitriles is 1. The van der Waals surface area contributed by atoms with Gasteiger partial charge < -0.3 is 9.64 Å². The maximum atomic E-state index is 9.12. The van der Waals surface area contributed by atoms with Crippen molar-refractivity contribution in [2.45, 2.75) is 13.8 Å². The van der Waals surface area contributed by atoms with Crippen molar-refractivity contribution in [2.24, 2.45) is 0 Å². The third-order valence-corrected chi connectivity index (χ3v) is 2.46. The van der Waals surface area contributed by atoms with Crippen molar-refractivity contribution in [3.05, 3.63) is 23.0 Å². The highest BCUT2D eigenvalue weighted by Crippen LogP contribution is 2.21. The molecule has 4 heteroatoms. The first-order valence-corrected chi connectivity index (χ1v) is 5.18. The van der Waals surface area contributed by atoms with E-state index in [2.05, 4.69) is 11.1 Å². The summed E-state index contributed by atoms with van der Waals surface area (Å²) in [6.07, 6.45) is 0. The zero-order chi connectivity index (χ0) is 12.1. The third kappa shape index (κ3) is 2.71. The van der Waals surface area contributed by atoms with Gasteiger partial charge in [0.05, 0.1) is 23.6 Å². The minimum atomic E-state index is 0.641. The van der Waals surface area contributed by atoms with E-state index >= 15 is 0 Å². The van der Waals surface area contributed by atoms with Crippen LogP contribution in [0, 0.1) is 25.2 Å². The van der Waals surface area contributed by atoms with Gasteiger partial charge in [-0.25, -0.2) is 0 Å². The number of pyridine rings is 1. The molecule has 0 atom stereocenters. The summed E-state index contributed by atoms with van der Waals surface area (Å²) in [5.74, 6) is 0. The lowest BCUT2D eigenvalue weighted by atomic mass is 10.1. The molecule has 1 rings (SSSR count). The van der Waals surface area contributed by atoms with Crippen molar-refractivity contribution < 1.29 is 4.74 Å². The zero-order valence-corrected chi connectivity index (χ0v) is 10.2. The number of hydrogen-bond donors (Lipinski definition) is 0. The molecular weight excluding hydrogens is 202 g/mol. The van der Waals surface area contributed by atoms with E-state index in [1.807, 2.05) is 31.9 Å². The van der Waals surface area contributed by atoms with Crippen LogP contribution in [-0.4, -0.2) is 32.3 Å². The van der Waals surface area contributed by atoms with Crippen molar-refractivity contribution in [1.29, 1.82) is 5.26 Å². The van der Waals surface area contributed by atoms with Crippen LogP contribution in [0.2, 0.25) is 0 Å². The van der Waals surface area contributed by atoms with Crippen molar-refractivity contribution in [2.75, 3.05) is 32.2 Å². The maximum Gasteiger partial charge on any atom is 0.103 e. The van der Waals surface area contributed by atoms with E-state index < -0.39 is 0 Å². The van der Waals surface area contributed by atoms with E-state index in [1.165, 1.54) is 0 Å². The topological polar surface area (TPSA) is 49.1 Å². The van der Waals surface area contributed by atoms with Gasteiger partial charge in [-0.2, -0.15) is 5.26 Å². The van der Waals surface area contributed by atoms with Gasteiger partial charge in [-0.1, -0.05) is 0 Å². The summed E-state index contributed by atoms with van der Waals surface area (Å²) < 4.78 is 5.03. The summed E-state index contributed by atoms with van der Waals surface area (Å²) in [5.41, 5.74) is 3.27. The van der Waals surface area contributed by atoms with Crippen LogP contribution in [-0.2, 0) is 4.74 Å². The average Bonchev–Trinajstić information content (AvgIpc) is 2.24. The van der Waals surface area contributed by atoms with Crippen LogP contribution in [0.3, 0.4) is 0 Å². The Labute approximate surface area is 96.5 Å². The maximum absolute atomic E-state index is 9.12. The molecule has 0 saturated carbocycles. The van der Waals surface area contributed by atoms with E-state index in [-0.39, 0.29) is 0 Å². The minimum absolute atomic E-state index is 0.641. The van der Waals surface area contributed by atoms with E-state index in [4.69, 9.17) is 10.00 Å². The molecule has 1 aromatic heterocycles. The van der Waals surface area contributed by atoms with Gasteiger partial charge in [0.2, 0.25) is 0 Å². The van der Waals surface area contributed by atoms with Gasteiger partial charge in [0, 0.05) is 26.4 Å². The fraction of sp³-hybridized carbons (Fsp3) is 0.500. The molecule has 0 unspecified atom stereocenters. The first-order valence-electron chi connectivity index (χ1n) is 5.18. The van der Waals surface area contributed by atoms with Crippen LogP contribution in [0.25, 0.3) is 0 Å². The van der Waals surface area contributed by atoms with Crippen LogP contribution in [0.1, 0.15) is 17.0 Å². The van der Waals surface area contributed by atoms with Gasteiger partial charge in [-0.05, 0) is 19.9 Å². The van der Waals surface area contributed by atoms with Gasteiger partial charge in [0.1, 0.15) is 6.07 Å². The Kier molecular flexibility index (Phi) is 4.27. The number of ether oxygens (including phenoxy) is 1. The van der Waals surface area contributed by atoms with Crippen LogP contribution >= 0.6 is 0 Å². The largest absolute Gasteiger partial charge is 0.383 e. The Morgan fingerprint density at radius 1 is 1.50 bits per heavy atom. The quantitative estimate of drug-likeness (QED) is 0.772. The number of rotatable bonds is 4. The molecule has 0 saturated heterocycles. The number of likely N-dealkylation sites (N-methyl/N-ethyl adjacent to an activating group) is 1. The Hall–Kier alpha value is -1.60. The van der Waals surface area contributed by atoms with Gasteiger partial charge in [0.25, 0.3) is 0 Å². The highest BCUT2D eigenvalue weighted by atomic mass is 16.5. The molecule has 0 aromatic carbocycles. The van der Waals surface area contributed by atoms with E-state index in [0.717, 1.165) is 23.6 Å². The second kappa shape index (κ2) is 5.47. The average molecular weight is 219 g/mol. The standard InChI is InChI=1S/C12H17N3O/c1-9-7-12(15(3)5-6-16-4)11(8-13)10(2)14-9/h7H,5-6H2,1-4H3. The van der Waals surface area contributed by atoms with Gasteiger partial charge in [-0.3, -0.25) is 4.98 Å². The molecule has 16 heavy (non-hydrogen) atoms. The normalized spacial score (nSPS) is 9.94. The predicted molar refractivity (Wildman–Crippen MR) is 63.6 cm³/mol. The highest BCUT2D eigenvalue weighted by molar-refractivity contribution is 5.61. The highest BCUT2D eigenvalue weighted by Gasteiger charge is 2.11. The van der Waals surface area contributed by atoms with Crippen LogP contribution < -0.4 is 4.90 Å². The van der Waals surface area contributed by atoms with E-state index in [1.54, 1.807) is 7.11 Å². The first kappa shape index (κ1) is 12.5. The molecule has 0 aliphatic rings. The van der Waals surface area contributed by atoms with E-state index in [0.29, 0.717) is 12.2 Å². The summed E-state index contributed by atoms with van der Waals surface area (Å²) in [6, 6.07) is 4.14. The molecule has 1 heterocycles. The molecule has 0 spiro atoms.